The van der Waals surface area contributed by atoms with Gasteiger partial charge in [-0.05, 0) is 60.7 Å². The summed E-state index contributed by atoms with van der Waals surface area (Å²) in [6.07, 6.45) is 0. The van der Waals surface area contributed by atoms with E-state index in [1.54, 1.807) is 60.7 Å². The van der Waals surface area contributed by atoms with Gasteiger partial charge in [-0.2, -0.15) is 0 Å². The van der Waals surface area contributed by atoms with Crippen LogP contribution in [0, 0.1) is 0 Å². The van der Waals surface area contributed by atoms with Crippen molar-refractivity contribution in [1.82, 2.24) is 5.32 Å². The normalized spacial score (nSPS) is 12.1. The summed E-state index contributed by atoms with van der Waals surface area (Å²) in [6, 6.07) is 16.1. The maximum absolute atomic E-state index is 12.1. The van der Waals surface area contributed by atoms with Crippen molar-refractivity contribution in [2.75, 3.05) is 10.6 Å². The minimum atomic E-state index is -0.541. The van der Waals surface area contributed by atoms with E-state index in [4.69, 9.17) is 11.5 Å². The van der Waals surface area contributed by atoms with E-state index in [0.717, 1.165) is 0 Å². The largest absolute Gasteiger partial charge is 0.366 e. The van der Waals surface area contributed by atoms with Gasteiger partial charge in [0, 0.05) is 22.5 Å². The van der Waals surface area contributed by atoms with Crippen LogP contribution in [0.2, 0.25) is 0 Å². The van der Waals surface area contributed by atoms with Crippen molar-refractivity contribution >= 4 is 46.4 Å². The van der Waals surface area contributed by atoms with Crippen LogP contribution in [0.15, 0.2) is 60.7 Å². The van der Waals surface area contributed by atoms with E-state index in [1.807, 2.05) is 0 Å². The van der Waals surface area contributed by atoms with E-state index in [2.05, 4.69) is 16.0 Å². The molecule has 0 atom stereocenters. The summed E-state index contributed by atoms with van der Waals surface area (Å²) in [5, 5.41) is 8.62. The molecule has 31 heavy (non-hydrogen) atoms. The van der Waals surface area contributed by atoms with E-state index >= 15 is 0 Å². The summed E-state index contributed by atoms with van der Waals surface area (Å²) in [5.41, 5.74) is 14.1. The van der Waals surface area contributed by atoms with Crippen molar-refractivity contribution in [3.8, 4) is 0 Å². The van der Waals surface area contributed by atoms with Gasteiger partial charge in [-0.3, -0.25) is 24.5 Å². The zero-order chi connectivity index (χ0) is 22.1. The lowest BCUT2D eigenvalue weighted by Gasteiger charge is -2.16. The van der Waals surface area contributed by atoms with Gasteiger partial charge in [0.05, 0.1) is 22.5 Å². The Morgan fingerprint density at radius 1 is 0.645 bits per heavy atom. The molecule has 0 bridgehead atoms. The van der Waals surface area contributed by atoms with E-state index in [-0.39, 0.29) is 11.1 Å². The third-order valence-electron chi connectivity index (χ3n) is 4.77. The first-order chi connectivity index (χ1) is 14.8. The number of carbonyl (C=O) groups is 4. The molecule has 1 aliphatic rings. The molecule has 1 heterocycles. The number of amides is 4. The van der Waals surface area contributed by atoms with Crippen molar-refractivity contribution in [2.24, 2.45) is 11.5 Å². The van der Waals surface area contributed by atoms with Gasteiger partial charge < -0.3 is 22.1 Å². The molecule has 3 aromatic rings. The molecule has 9 heteroatoms. The second-order valence-electron chi connectivity index (χ2n) is 6.86. The zero-order valence-corrected chi connectivity index (χ0v) is 16.1. The lowest BCUT2D eigenvalue weighted by molar-refractivity contribution is 0.0877. The molecular formula is C22H17N5O4. The first-order valence-corrected chi connectivity index (χ1v) is 9.19. The number of anilines is 4. The van der Waals surface area contributed by atoms with Crippen LogP contribution in [0.5, 0.6) is 0 Å². The van der Waals surface area contributed by atoms with Gasteiger partial charge in [-0.1, -0.05) is 0 Å². The predicted octanol–water partition coefficient (Wildman–Crippen LogP) is 2.26. The molecule has 0 aromatic heterocycles. The number of benzene rings is 3. The molecule has 0 fully saturated rings. The maximum atomic E-state index is 12.1. The number of fused-ring (bicyclic) bond motifs is 1. The van der Waals surface area contributed by atoms with Gasteiger partial charge >= 0.3 is 0 Å². The number of hydrogen-bond donors (Lipinski definition) is 5. The Morgan fingerprint density at radius 2 is 1.00 bits per heavy atom. The molecule has 0 radical (unpaired) electrons. The predicted molar refractivity (Wildman–Crippen MR) is 115 cm³/mol. The van der Waals surface area contributed by atoms with Crippen molar-refractivity contribution in [2.45, 2.75) is 0 Å². The Hall–Kier alpha value is -4.66. The van der Waals surface area contributed by atoms with Crippen LogP contribution < -0.4 is 27.4 Å². The van der Waals surface area contributed by atoms with Gasteiger partial charge in [0.25, 0.3) is 11.8 Å². The van der Waals surface area contributed by atoms with Crippen LogP contribution in [-0.4, -0.2) is 23.6 Å². The molecule has 1 aliphatic heterocycles. The fourth-order valence-electron chi connectivity index (χ4n) is 3.17. The smallest absolute Gasteiger partial charge is 0.259 e. The summed E-state index contributed by atoms with van der Waals surface area (Å²) >= 11 is 0. The number of nitrogens with one attached hydrogen (secondary N) is 3. The Balaban J connectivity index is 1.71. The molecule has 7 N–H and O–H groups in total. The first-order valence-electron chi connectivity index (χ1n) is 9.19. The van der Waals surface area contributed by atoms with Gasteiger partial charge in [0.1, 0.15) is 0 Å². The monoisotopic (exact) mass is 415 g/mol. The summed E-state index contributed by atoms with van der Waals surface area (Å²) in [7, 11) is 0. The Kier molecular flexibility index (Phi) is 4.84. The highest BCUT2D eigenvalue weighted by molar-refractivity contribution is 6.22. The Labute approximate surface area is 176 Å². The highest BCUT2D eigenvalue weighted by Gasteiger charge is 2.28. The third kappa shape index (κ3) is 3.92. The van der Waals surface area contributed by atoms with Crippen LogP contribution in [0.4, 0.5) is 22.7 Å². The molecule has 0 aliphatic carbocycles. The average molecular weight is 415 g/mol. The third-order valence-corrected chi connectivity index (χ3v) is 4.77. The molecule has 4 amide bonds. The lowest BCUT2D eigenvalue weighted by atomic mass is 10.1. The number of imide groups is 1. The van der Waals surface area contributed by atoms with Crippen LogP contribution in [0.25, 0.3) is 0 Å². The van der Waals surface area contributed by atoms with Crippen molar-refractivity contribution < 1.29 is 19.2 Å². The maximum Gasteiger partial charge on any atom is 0.259 e. The SMILES string of the molecule is NC(=O)c1ccc(Nc2cc3c(cc2Nc2ccc(C(N)=O)cc2)C(=O)NC3=O)cc1. The van der Waals surface area contributed by atoms with Crippen molar-refractivity contribution in [3.05, 3.63) is 82.9 Å². The van der Waals surface area contributed by atoms with E-state index in [9.17, 15) is 19.2 Å². The second-order valence-corrected chi connectivity index (χ2v) is 6.86. The van der Waals surface area contributed by atoms with E-state index in [1.165, 1.54) is 0 Å². The van der Waals surface area contributed by atoms with E-state index in [0.29, 0.717) is 33.9 Å². The minimum Gasteiger partial charge on any atom is -0.366 e. The zero-order valence-electron chi connectivity index (χ0n) is 16.1. The standard InChI is InChI=1S/C22H17N5O4/c23-19(28)11-1-5-13(6-2-11)25-17-9-15-16(22(31)27-21(15)30)10-18(17)26-14-7-3-12(4-8-14)20(24)29/h1-10,25-26H,(H2,23,28)(H2,24,29)(H,27,30,31). The second kappa shape index (κ2) is 7.64. The number of hydrogen-bond acceptors (Lipinski definition) is 6. The summed E-state index contributed by atoms with van der Waals surface area (Å²) < 4.78 is 0. The van der Waals surface area contributed by atoms with Crippen LogP contribution >= 0.6 is 0 Å². The van der Waals surface area contributed by atoms with Gasteiger partial charge in [0.15, 0.2) is 0 Å². The van der Waals surface area contributed by atoms with Crippen molar-refractivity contribution in [3.63, 3.8) is 0 Å². The molecule has 0 saturated carbocycles. The highest BCUT2D eigenvalue weighted by Crippen LogP contribution is 2.33. The molecule has 9 nitrogen and oxygen atoms in total. The quantitative estimate of drug-likeness (QED) is 0.389. The minimum absolute atomic E-state index is 0.246. The molecule has 3 aromatic carbocycles. The average Bonchev–Trinajstić information content (AvgIpc) is 3.02. The van der Waals surface area contributed by atoms with Gasteiger partial charge in [-0.15, -0.1) is 0 Å². The Bertz CT molecular complexity index is 1140. The first kappa shape index (κ1) is 19.6. The number of nitrogens with two attached hydrogens (primary N) is 2. The topological polar surface area (TPSA) is 156 Å². The molecule has 154 valence electrons. The number of primary amides is 2. The summed E-state index contributed by atoms with van der Waals surface area (Å²) in [5.74, 6) is -2.05. The number of carbonyl (C=O) groups excluding carboxylic acids is 4. The Morgan fingerprint density at radius 3 is 1.32 bits per heavy atom. The molecular weight excluding hydrogens is 398 g/mol. The van der Waals surface area contributed by atoms with E-state index < -0.39 is 23.6 Å². The lowest BCUT2D eigenvalue weighted by Crippen LogP contribution is -2.19. The molecule has 4 rings (SSSR count). The molecule has 0 spiro atoms. The van der Waals surface area contributed by atoms with Crippen LogP contribution in [0.3, 0.4) is 0 Å². The highest BCUT2D eigenvalue weighted by atomic mass is 16.2. The van der Waals surface area contributed by atoms with Gasteiger partial charge in [-0.25, -0.2) is 0 Å². The summed E-state index contributed by atoms with van der Waals surface area (Å²) in [4.78, 5) is 46.7. The summed E-state index contributed by atoms with van der Waals surface area (Å²) in [6.45, 7) is 0. The fraction of sp³-hybridized carbons (Fsp3) is 0. The molecule has 0 saturated heterocycles. The molecule has 0 unspecified atom stereocenters. The van der Waals surface area contributed by atoms with Gasteiger partial charge in [0.2, 0.25) is 11.8 Å². The number of rotatable bonds is 6. The fourth-order valence-corrected chi connectivity index (χ4v) is 3.17. The van der Waals surface area contributed by atoms with Crippen LogP contribution in [-0.2, 0) is 0 Å². The van der Waals surface area contributed by atoms with Crippen LogP contribution in [0.1, 0.15) is 41.4 Å². The van der Waals surface area contributed by atoms with Crippen molar-refractivity contribution in [1.29, 1.82) is 0 Å².